The summed E-state index contributed by atoms with van der Waals surface area (Å²) in [6, 6.07) is 0. The summed E-state index contributed by atoms with van der Waals surface area (Å²) in [7, 11) is 0. The minimum Gasteiger partial charge on any atom is -0.299 e. The van der Waals surface area contributed by atoms with Gasteiger partial charge in [-0.15, -0.1) is 0 Å². The fourth-order valence-corrected chi connectivity index (χ4v) is 1.46. The quantitative estimate of drug-likeness (QED) is 0.629. The topological polar surface area (TPSA) is 34.1 Å². The van der Waals surface area contributed by atoms with Crippen molar-refractivity contribution >= 4 is 11.6 Å². The molecule has 0 heterocycles. The van der Waals surface area contributed by atoms with E-state index in [2.05, 4.69) is 0 Å². The molecule has 0 aliphatic rings. The molecule has 1 unspecified atom stereocenters. The van der Waals surface area contributed by atoms with Gasteiger partial charge < -0.3 is 0 Å². The van der Waals surface area contributed by atoms with Gasteiger partial charge in [0.05, 0.1) is 5.41 Å². The molecule has 0 aliphatic carbocycles. The number of rotatable bonds is 4. The van der Waals surface area contributed by atoms with Crippen LogP contribution in [0.4, 0.5) is 0 Å². The van der Waals surface area contributed by atoms with Crippen LogP contribution in [0.3, 0.4) is 0 Å². The van der Waals surface area contributed by atoms with Crippen molar-refractivity contribution in [2.45, 2.75) is 41.5 Å². The number of carbonyl (C=O) groups is 2. The molecule has 0 rings (SSSR count). The van der Waals surface area contributed by atoms with E-state index in [4.69, 9.17) is 0 Å². The van der Waals surface area contributed by atoms with Gasteiger partial charge in [-0.3, -0.25) is 9.59 Å². The lowest BCUT2D eigenvalue weighted by molar-refractivity contribution is -0.143. The summed E-state index contributed by atoms with van der Waals surface area (Å²) in [4.78, 5) is 23.3. The highest BCUT2D eigenvalue weighted by molar-refractivity contribution is 6.06. The van der Waals surface area contributed by atoms with E-state index in [1.165, 1.54) is 6.92 Å². The minimum absolute atomic E-state index is 0.0267. The van der Waals surface area contributed by atoms with Crippen LogP contribution in [0.15, 0.2) is 0 Å². The molecule has 2 heteroatoms. The second-order valence-electron chi connectivity index (χ2n) is 4.43. The number of ketones is 2. The van der Waals surface area contributed by atoms with Crippen molar-refractivity contribution < 1.29 is 9.59 Å². The Bertz CT molecular complexity index is 216. The molecule has 0 aromatic heterocycles. The first-order valence-electron chi connectivity index (χ1n) is 4.79. The van der Waals surface area contributed by atoms with Crippen molar-refractivity contribution in [3.8, 4) is 0 Å². The molecule has 1 atom stereocenters. The SMILES string of the molecule is CC(=O)C(C)(C(=O)C(C)C)C(C)C. The normalized spacial score (nSPS) is 16.0. The van der Waals surface area contributed by atoms with Crippen molar-refractivity contribution in [3.05, 3.63) is 0 Å². The van der Waals surface area contributed by atoms with Gasteiger partial charge in [-0.2, -0.15) is 0 Å². The maximum absolute atomic E-state index is 11.8. The Balaban J connectivity index is 5.02. The first kappa shape index (κ1) is 12.3. The number of carbonyl (C=O) groups excluding carboxylic acids is 2. The lowest BCUT2D eigenvalue weighted by atomic mass is 9.69. The average Bonchev–Trinajstić information content (AvgIpc) is 2.00. The van der Waals surface area contributed by atoms with E-state index in [1.54, 1.807) is 6.92 Å². The molecule has 13 heavy (non-hydrogen) atoms. The van der Waals surface area contributed by atoms with Crippen LogP contribution < -0.4 is 0 Å². The maximum Gasteiger partial charge on any atom is 0.148 e. The highest BCUT2D eigenvalue weighted by Gasteiger charge is 2.41. The molecule has 2 nitrogen and oxygen atoms in total. The van der Waals surface area contributed by atoms with E-state index in [9.17, 15) is 9.59 Å². The van der Waals surface area contributed by atoms with Gasteiger partial charge in [0, 0.05) is 5.92 Å². The maximum atomic E-state index is 11.8. The van der Waals surface area contributed by atoms with E-state index < -0.39 is 5.41 Å². The van der Waals surface area contributed by atoms with Gasteiger partial charge in [-0.25, -0.2) is 0 Å². The number of Topliss-reactive ketones (excluding diaryl/α,β-unsaturated/α-hetero) is 2. The molecule has 0 aromatic rings. The van der Waals surface area contributed by atoms with Crippen LogP contribution in [0.1, 0.15) is 41.5 Å². The Hall–Kier alpha value is -0.660. The van der Waals surface area contributed by atoms with Crippen molar-refractivity contribution in [1.29, 1.82) is 0 Å². The third kappa shape index (κ3) is 2.17. The number of hydrogen-bond acceptors (Lipinski definition) is 2. The van der Waals surface area contributed by atoms with Gasteiger partial charge in [0.1, 0.15) is 11.6 Å². The van der Waals surface area contributed by atoms with Crippen LogP contribution in [0.25, 0.3) is 0 Å². The monoisotopic (exact) mass is 184 g/mol. The summed E-state index contributed by atoms with van der Waals surface area (Å²) < 4.78 is 0. The van der Waals surface area contributed by atoms with Crippen LogP contribution in [-0.4, -0.2) is 11.6 Å². The van der Waals surface area contributed by atoms with Gasteiger partial charge >= 0.3 is 0 Å². The Kier molecular flexibility index (Phi) is 3.83. The van der Waals surface area contributed by atoms with Gasteiger partial charge in [0.2, 0.25) is 0 Å². The summed E-state index contributed by atoms with van der Waals surface area (Å²) in [5.74, 6) is 0.0207. The zero-order valence-electron chi connectivity index (χ0n) is 9.47. The second-order valence-corrected chi connectivity index (χ2v) is 4.43. The Morgan fingerprint density at radius 3 is 1.54 bits per heavy atom. The minimum atomic E-state index is -0.797. The number of hydrogen-bond donors (Lipinski definition) is 0. The molecule has 0 fully saturated rings. The molecule has 0 amide bonds. The standard InChI is InChI=1S/C11H20O2/c1-7(2)10(13)11(6,8(3)4)9(5)12/h7-8H,1-6H3. The fraction of sp³-hybridized carbons (Fsp3) is 0.818. The van der Waals surface area contributed by atoms with Crippen molar-refractivity contribution in [2.75, 3.05) is 0 Å². The van der Waals surface area contributed by atoms with Gasteiger partial charge in [-0.05, 0) is 19.8 Å². The van der Waals surface area contributed by atoms with Gasteiger partial charge in [0.25, 0.3) is 0 Å². The molecular formula is C11H20O2. The van der Waals surface area contributed by atoms with E-state index in [0.29, 0.717) is 0 Å². The molecule has 0 aromatic carbocycles. The largest absolute Gasteiger partial charge is 0.299 e. The van der Waals surface area contributed by atoms with Crippen LogP contribution >= 0.6 is 0 Å². The Morgan fingerprint density at radius 2 is 1.46 bits per heavy atom. The molecule has 0 bridgehead atoms. The zero-order chi connectivity index (χ0) is 10.8. The zero-order valence-corrected chi connectivity index (χ0v) is 9.47. The van der Waals surface area contributed by atoms with Crippen LogP contribution in [-0.2, 0) is 9.59 Å². The smallest absolute Gasteiger partial charge is 0.148 e. The lowest BCUT2D eigenvalue weighted by Gasteiger charge is -2.30. The van der Waals surface area contributed by atoms with E-state index in [1.807, 2.05) is 27.7 Å². The van der Waals surface area contributed by atoms with Crippen molar-refractivity contribution in [1.82, 2.24) is 0 Å². The molecule has 0 saturated heterocycles. The third-order valence-corrected chi connectivity index (χ3v) is 2.92. The predicted molar refractivity (Wildman–Crippen MR) is 53.5 cm³/mol. The molecule has 0 N–H and O–H groups in total. The van der Waals surface area contributed by atoms with Gasteiger partial charge in [0.15, 0.2) is 0 Å². The second kappa shape index (κ2) is 4.03. The van der Waals surface area contributed by atoms with Crippen LogP contribution in [0.2, 0.25) is 0 Å². The molecule has 0 aliphatic heterocycles. The summed E-state index contributed by atoms with van der Waals surface area (Å²) >= 11 is 0. The highest BCUT2D eigenvalue weighted by Crippen LogP contribution is 2.31. The van der Waals surface area contributed by atoms with Crippen LogP contribution in [0, 0.1) is 17.3 Å². The van der Waals surface area contributed by atoms with Crippen LogP contribution in [0.5, 0.6) is 0 Å². The van der Waals surface area contributed by atoms with Gasteiger partial charge in [-0.1, -0.05) is 27.7 Å². The molecular weight excluding hydrogens is 164 g/mol. The van der Waals surface area contributed by atoms with E-state index >= 15 is 0 Å². The highest BCUT2D eigenvalue weighted by atomic mass is 16.2. The Labute approximate surface area is 80.7 Å². The molecule has 76 valence electrons. The summed E-state index contributed by atoms with van der Waals surface area (Å²) in [6.45, 7) is 10.8. The third-order valence-electron chi connectivity index (χ3n) is 2.92. The molecule has 0 spiro atoms. The predicted octanol–water partition coefficient (Wildman–Crippen LogP) is 2.46. The fourth-order valence-electron chi connectivity index (χ4n) is 1.46. The molecule has 0 saturated carbocycles. The first-order chi connectivity index (χ1) is 5.74. The molecule has 0 radical (unpaired) electrons. The van der Waals surface area contributed by atoms with Crippen molar-refractivity contribution in [2.24, 2.45) is 17.3 Å². The summed E-state index contributed by atoms with van der Waals surface area (Å²) in [5.41, 5.74) is -0.797. The van der Waals surface area contributed by atoms with Crippen molar-refractivity contribution in [3.63, 3.8) is 0 Å². The Morgan fingerprint density at radius 1 is 1.08 bits per heavy atom. The summed E-state index contributed by atoms with van der Waals surface area (Å²) in [5, 5.41) is 0. The van der Waals surface area contributed by atoms with E-state index in [0.717, 1.165) is 0 Å². The first-order valence-corrected chi connectivity index (χ1v) is 4.79. The lowest BCUT2D eigenvalue weighted by Crippen LogP contribution is -2.42. The average molecular weight is 184 g/mol. The summed E-state index contributed by atoms with van der Waals surface area (Å²) in [6.07, 6.45) is 0. The van der Waals surface area contributed by atoms with E-state index in [-0.39, 0.29) is 23.4 Å².